The quantitative estimate of drug-likeness (QED) is 0.705. The molecule has 0 saturated heterocycles. The van der Waals surface area contributed by atoms with Crippen molar-refractivity contribution in [2.24, 2.45) is 0 Å². The molecule has 100 valence electrons. The lowest BCUT2D eigenvalue weighted by atomic mass is 9.96. The third-order valence-corrected chi connectivity index (χ3v) is 3.41. The molecule has 0 heterocycles. The largest absolute Gasteiger partial charge is 0.496 e. The molecule has 0 saturated carbocycles. The van der Waals surface area contributed by atoms with Crippen molar-refractivity contribution < 1.29 is 9.13 Å². The van der Waals surface area contributed by atoms with Crippen LogP contribution in [-0.2, 0) is 0 Å². The molecule has 0 radical (unpaired) electrons. The number of benzene rings is 3. The van der Waals surface area contributed by atoms with E-state index in [4.69, 9.17) is 10.5 Å². The standard InChI is InChI=1S/C17H14FNO/c1-20-17-9-7-13(12-4-2-3-5-14(12)17)15-10-11(18)6-8-16(15)19/h2-10H,19H2,1H3. The van der Waals surface area contributed by atoms with Crippen molar-refractivity contribution in [3.8, 4) is 16.9 Å². The monoisotopic (exact) mass is 267 g/mol. The Bertz CT molecular complexity index is 783. The number of nitrogen functional groups attached to an aromatic ring is 1. The number of fused-ring (bicyclic) bond motifs is 1. The fraction of sp³-hybridized carbons (Fsp3) is 0.0588. The minimum Gasteiger partial charge on any atom is -0.496 e. The molecule has 3 heteroatoms. The maximum absolute atomic E-state index is 13.5. The highest BCUT2D eigenvalue weighted by Gasteiger charge is 2.10. The summed E-state index contributed by atoms with van der Waals surface area (Å²) in [6.07, 6.45) is 0. The van der Waals surface area contributed by atoms with Crippen molar-refractivity contribution in [2.75, 3.05) is 12.8 Å². The van der Waals surface area contributed by atoms with E-state index >= 15 is 0 Å². The second kappa shape index (κ2) is 4.85. The van der Waals surface area contributed by atoms with Crippen LogP contribution in [0.2, 0.25) is 0 Å². The number of anilines is 1. The molecule has 3 rings (SSSR count). The highest BCUT2D eigenvalue weighted by atomic mass is 19.1. The SMILES string of the molecule is COc1ccc(-c2cc(F)ccc2N)c2ccccc12. The van der Waals surface area contributed by atoms with Crippen molar-refractivity contribution in [1.82, 2.24) is 0 Å². The molecule has 2 nitrogen and oxygen atoms in total. The number of methoxy groups -OCH3 is 1. The molecule has 0 aliphatic carbocycles. The van der Waals surface area contributed by atoms with Crippen LogP contribution in [0.1, 0.15) is 0 Å². The minimum atomic E-state index is -0.297. The summed E-state index contributed by atoms with van der Waals surface area (Å²) in [4.78, 5) is 0. The van der Waals surface area contributed by atoms with Crippen LogP contribution in [0, 0.1) is 5.82 Å². The molecule has 0 fully saturated rings. The van der Waals surface area contributed by atoms with Gasteiger partial charge in [-0.15, -0.1) is 0 Å². The minimum absolute atomic E-state index is 0.297. The lowest BCUT2D eigenvalue weighted by Crippen LogP contribution is -1.93. The summed E-state index contributed by atoms with van der Waals surface area (Å²) in [5.74, 6) is 0.494. The van der Waals surface area contributed by atoms with E-state index in [1.165, 1.54) is 12.1 Å². The van der Waals surface area contributed by atoms with Gasteiger partial charge in [0.2, 0.25) is 0 Å². The van der Waals surface area contributed by atoms with Crippen LogP contribution in [0.3, 0.4) is 0 Å². The van der Waals surface area contributed by atoms with Gasteiger partial charge >= 0.3 is 0 Å². The zero-order valence-electron chi connectivity index (χ0n) is 11.1. The molecule has 20 heavy (non-hydrogen) atoms. The number of rotatable bonds is 2. The molecule has 0 atom stereocenters. The highest BCUT2D eigenvalue weighted by molar-refractivity contribution is 6.02. The summed E-state index contributed by atoms with van der Waals surface area (Å²) >= 11 is 0. The maximum Gasteiger partial charge on any atom is 0.126 e. The van der Waals surface area contributed by atoms with Crippen molar-refractivity contribution in [2.45, 2.75) is 0 Å². The van der Waals surface area contributed by atoms with E-state index in [-0.39, 0.29) is 5.82 Å². The Labute approximate surface area is 116 Å². The summed E-state index contributed by atoms with van der Waals surface area (Å²) in [5, 5.41) is 1.97. The zero-order chi connectivity index (χ0) is 14.1. The predicted octanol–water partition coefficient (Wildman–Crippen LogP) is 4.24. The molecule has 0 spiro atoms. The van der Waals surface area contributed by atoms with Gasteiger partial charge in [0.25, 0.3) is 0 Å². The van der Waals surface area contributed by atoms with E-state index in [9.17, 15) is 4.39 Å². The van der Waals surface area contributed by atoms with Crippen LogP contribution in [0.15, 0.2) is 54.6 Å². The average molecular weight is 267 g/mol. The average Bonchev–Trinajstić information content (AvgIpc) is 2.49. The molecule has 2 N–H and O–H groups in total. The van der Waals surface area contributed by atoms with E-state index in [1.807, 2.05) is 36.4 Å². The Hall–Kier alpha value is -2.55. The van der Waals surface area contributed by atoms with Gasteiger partial charge < -0.3 is 10.5 Å². The van der Waals surface area contributed by atoms with Gasteiger partial charge in [-0.1, -0.05) is 24.3 Å². The smallest absolute Gasteiger partial charge is 0.126 e. The molecule has 0 amide bonds. The molecule has 0 aliphatic heterocycles. The van der Waals surface area contributed by atoms with Gasteiger partial charge in [0, 0.05) is 16.6 Å². The third-order valence-electron chi connectivity index (χ3n) is 3.41. The summed E-state index contributed by atoms with van der Waals surface area (Å²) in [6, 6.07) is 16.1. The Morgan fingerprint density at radius 1 is 0.900 bits per heavy atom. The van der Waals surface area contributed by atoms with Crippen molar-refractivity contribution >= 4 is 16.5 Å². The van der Waals surface area contributed by atoms with Crippen LogP contribution in [0.25, 0.3) is 21.9 Å². The molecule has 3 aromatic rings. The highest BCUT2D eigenvalue weighted by Crippen LogP contribution is 2.36. The van der Waals surface area contributed by atoms with Gasteiger partial charge in [-0.2, -0.15) is 0 Å². The molecule has 3 aromatic carbocycles. The van der Waals surface area contributed by atoms with E-state index in [2.05, 4.69) is 0 Å². The summed E-state index contributed by atoms with van der Waals surface area (Å²) in [5.41, 5.74) is 8.14. The van der Waals surface area contributed by atoms with Gasteiger partial charge in [-0.25, -0.2) is 4.39 Å². The van der Waals surface area contributed by atoms with Crippen LogP contribution in [-0.4, -0.2) is 7.11 Å². The predicted molar refractivity (Wildman–Crippen MR) is 80.3 cm³/mol. The van der Waals surface area contributed by atoms with Crippen LogP contribution in [0.4, 0.5) is 10.1 Å². The van der Waals surface area contributed by atoms with Gasteiger partial charge in [-0.05, 0) is 41.3 Å². The fourth-order valence-electron chi connectivity index (χ4n) is 2.45. The van der Waals surface area contributed by atoms with Crippen molar-refractivity contribution in [3.63, 3.8) is 0 Å². The molecular weight excluding hydrogens is 253 g/mol. The van der Waals surface area contributed by atoms with Crippen molar-refractivity contribution in [1.29, 1.82) is 0 Å². The van der Waals surface area contributed by atoms with Crippen molar-refractivity contribution in [3.05, 3.63) is 60.4 Å². The second-order valence-corrected chi connectivity index (χ2v) is 4.59. The zero-order valence-corrected chi connectivity index (χ0v) is 11.1. The van der Waals surface area contributed by atoms with Crippen LogP contribution >= 0.6 is 0 Å². The molecular formula is C17H14FNO. The lowest BCUT2D eigenvalue weighted by molar-refractivity contribution is 0.420. The van der Waals surface area contributed by atoms with Gasteiger partial charge in [0.15, 0.2) is 0 Å². The Kier molecular flexibility index (Phi) is 3.03. The Morgan fingerprint density at radius 3 is 2.40 bits per heavy atom. The number of hydrogen-bond acceptors (Lipinski definition) is 2. The Morgan fingerprint density at radius 2 is 1.65 bits per heavy atom. The lowest BCUT2D eigenvalue weighted by Gasteiger charge is -2.12. The summed E-state index contributed by atoms with van der Waals surface area (Å²) in [7, 11) is 1.64. The maximum atomic E-state index is 13.5. The normalized spacial score (nSPS) is 10.7. The number of nitrogens with two attached hydrogens (primary N) is 1. The second-order valence-electron chi connectivity index (χ2n) is 4.59. The Balaban J connectivity index is 2.35. The van der Waals surface area contributed by atoms with E-state index in [0.29, 0.717) is 11.3 Å². The topological polar surface area (TPSA) is 35.2 Å². The fourth-order valence-corrected chi connectivity index (χ4v) is 2.45. The molecule has 0 aliphatic rings. The van der Waals surface area contributed by atoms with Gasteiger partial charge in [0.05, 0.1) is 7.11 Å². The van der Waals surface area contributed by atoms with Crippen LogP contribution in [0.5, 0.6) is 5.75 Å². The first kappa shape index (κ1) is 12.5. The number of ether oxygens (including phenoxy) is 1. The van der Waals surface area contributed by atoms with E-state index < -0.39 is 0 Å². The first-order valence-corrected chi connectivity index (χ1v) is 6.32. The van der Waals surface area contributed by atoms with E-state index in [0.717, 1.165) is 22.1 Å². The van der Waals surface area contributed by atoms with Gasteiger partial charge in [0.1, 0.15) is 11.6 Å². The number of hydrogen-bond donors (Lipinski definition) is 1. The summed E-state index contributed by atoms with van der Waals surface area (Å²) in [6.45, 7) is 0. The van der Waals surface area contributed by atoms with E-state index in [1.54, 1.807) is 13.2 Å². The van der Waals surface area contributed by atoms with Gasteiger partial charge in [-0.3, -0.25) is 0 Å². The molecule has 0 bridgehead atoms. The first-order chi connectivity index (χ1) is 9.70. The summed E-state index contributed by atoms with van der Waals surface area (Å²) < 4.78 is 18.9. The number of halogens is 1. The first-order valence-electron chi connectivity index (χ1n) is 6.32. The van der Waals surface area contributed by atoms with Crippen LogP contribution < -0.4 is 10.5 Å². The third kappa shape index (κ3) is 1.97. The molecule has 0 unspecified atom stereocenters. The molecule has 0 aromatic heterocycles.